The topological polar surface area (TPSA) is 29.5 Å². The number of ether oxygens (including phenoxy) is 1. The van der Waals surface area contributed by atoms with E-state index >= 15 is 0 Å². The number of hydrogen-bond acceptors (Lipinski definition) is 2. The van der Waals surface area contributed by atoms with Gasteiger partial charge in [0.1, 0.15) is 0 Å². The van der Waals surface area contributed by atoms with Crippen molar-refractivity contribution >= 4 is 0 Å². The summed E-state index contributed by atoms with van der Waals surface area (Å²) in [7, 11) is 0. The monoisotopic (exact) mass is 226 g/mol. The highest BCUT2D eigenvalue weighted by molar-refractivity contribution is 5.10. The van der Waals surface area contributed by atoms with E-state index in [0.29, 0.717) is 5.92 Å². The van der Waals surface area contributed by atoms with Crippen LogP contribution in [0, 0.1) is 16.7 Å². The molecule has 2 heteroatoms. The van der Waals surface area contributed by atoms with Gasteiger partial charge in [-0.05, 0) is 30.6 Å². The first-order valence-electron chi connectivity index (χ1n) is 6.81. The smallest absolute Gasteiger partial charge is 0.0654 e. The van der Waals surface area contributed by atoms with Crippen LogP contribution in [0.1, 0.15) is 52.9 Å². The zero-order chi connectivity index (χ0) is 11.8. The van der Waals surface area contributed by atoms with E-state index in [0.717, 1.165) is 26.1 Å². The first kappa shape index (κ1) is 12.4. The Morgan fingerprint density at radius 2 is 2.00 bits per heavy atom. The number of aliphatic hydroxyl groups excluding tert-OH is 1. The molecule has 1 aliphatic carbocycles. The lowest BCUT2D eigenvalue weighted by molar-refractivity contribution is -0.229. The standard InChI is InChI=1S/C14H26O2/c1-4-5-11(2)13(3)10-14(12(13)15)6-8-16-9-7-14/h11-12,15H,4-10H2,1-3H3. The Morgan fingerprint density at radius 3 is 2.50 bits per heavy atom. The van der Waals surface area contributed by atoms with Gasteiger partial charge in [-0.2, -0.15) is 0 Å². The summed E-state index contributed by atoms with van der Waals surface area (Å²) < 4.78 is 5.41. The minimum absolute atomic E-state index is 0.106. The lowest BCUT2D eigenvalue weighted by Gasteiger charge is -2.63. The van der Waals surface area contributed by atoms with Crippen LogP contribution in [0.15, 0.2) is 0 Å². The largest absolute Gasteiger partial charge is 0.392 e. The summed E-state index contributed by atoms with van der Waals surface area (Å²) in [6.07, 6.45) is 5.67. The van der Waals surface area contributed by atoms with Gasteiger partial charge in [-0.25, -0.2) is 0 Å². The Bertz CT molecular complexity index is 245. The third-order valence-electron chi connectivity index (χ3n) is 5.27. The third kappa shape index (κ3) is 1.70. The maximum atomic E-state index is 10.6. The average Bonchev–Trinajstić information content (AvgIpc) is 2.30. The van der Waals surface area contributed by atoms with Crippen LogP contribution < -0.4 is 0 Å². The maximum absolute atomic E-state index is 10.6. The number of aliphatic hydroxyl groups is 1. The van der Waals surface area contributed by atoms with E-state index < -0.39 is 0 Å². The summed E-state index contributed by atoms with van der Waals surface area (Å²) in [5.74, 6) is 0.640. The van der Waals surface area contributed by atoms with Gasteiger partial charge in [0.25, 0.3) is 0 Å². The molecule has 0 radical (unpaired) electrons. The molecular weight excluding hydrogens is 200 g/mol. The van der Waals surface area contributed by atoms with Crippen LogP contribution in [0.2, 0.25) is 0 Å². The first-order valence-corrected chi connectivity index (χ1v) is 6.81. The highest BCUT2D eigenvalue weighted by Crippen LogP contribution is 2.62. The van der Waals surface area contributed by atoms with E-state index in [1.54, 1.807) is 0 Å². The second-order valence-electron chi connectivity index (χ2n) is 6.25. The first-order chi connectivity index (χ1) is 7.55. The van der Waals surface area contributed by atoms with Gasteiger partial charge in [-0.3, -0.25) is 0 Å². The van der Waals surface area contributed by atoms with Crippen molar-refractivity contribution in [3.63, 3.8) is 0 Å². The van der Waals surface area contributed by atoms with Gasteiger partial charge in [-0.1, -0.05) is 33.6 Å². The SMILES string of the molecule is CCCC(C)C1(C)CC2(CCOCC2)C1O. The van der Waals surface area contributed by atoms with Crippen molar-refractivity contribution in [2.45, 2.75) is 59.0 Å². The Balaban J connectivity index is 2.01. The van der Waals surface area contributed by atoms with Gasteiger partial charge in [0.15, 0.2) is 0 Å². The molecule has 3 atom stereocenters. The van der Waals surface area contributed by atoms with E-state index in [9.17, 15) is 5.11 Å². The summed E-state index contributed by atoms with van der Waals surface area (Å²) in [6, 6.07) is 0. The predicted octanol–water partition coefficient (Wildman–Crippen LogP) is 2.99. The van der Waals surface area contributed by atoms with Crippen LogP contribution in [-0.4, -0.2) is 24.4 Å². The fourth-order valence-electron chi connectivity index (χ4n) is 3.95. The molecule has 0 aromatic heterocycles. The lowest BCUT2D eigenvalue weighted by atomic mass is 9.45. The second kappa shape index (κ2) is 4.30. The van der Waals surface area contributed by atoms with Crippen molar-refractivity contribution in [3.05, 3.63) is 0 Å². The normalized spacial score (nSPS) is 39.4. The molecule has 1 saturated carbocycles. The van der Waals surface area contributed by atoms with E-state index in [2.05, 4.69) is 20.8 Å². The molecule has 2 rings (SSSR count). The Labute approximate surface area is 99.4 Å². The van der Waals surface area contributed by atoms with Crippen LogP contribution in [-0.2, 0) is 4.74 Å². The third-order valence-corrected chi connectivity index (χ3v) is 5.27. The minimum Gasteiger partial charge on any atom is -0.392 e. The van der Waals surface area contributed by atoms with E-state index in [1.165, 1.54) is 19.3 Å². The Kier molecular flexibility index (Phi) is 3.33. The van der Waals surface area contributed by atoms with Gasteiger partial charge in [0, 0.05) is 18.6 Å². The Morgan fingerprint density at radius 1 is 1.38 bits per heavy atom. The molecule has 94 valence electrons. The van der Waals surface area contributed by atoms with Crippen molar-refractivity contribution in [1.29, 1.82) is 0 Å². The molecule has 0 amide bonds. The van der Waals surface area contributed by atoms with Gasteiger partial charge in [-0.15, -0.1) is 0 Å². The summed E-state index contributed by atoms with van der Waals surface area (Å²) in [5.41, 5.74) is 0.363. The van der Waals surface area contributed by atoms with Gasteiger partial charge in [0.2, 0.25) is 0 Å². The molecule has 0 aromatic carbocycles. The maximum Gasteiger partial charge on any atom is 0.0654 e. The van der Waals surface area contributed by atoms with Crippen LogP contribution in [0.4, 0.5) is 0 Å². The average molecular weight is 226 g/mol. The number of hydrogen-bond donors (Lipinski definition) is 1. The molecule has 0 bridgehead atoms. The highest BCUT2D eigenvalue weighted by atomic mass is 16.5. The second-order valence-corrected chi connectivity index (χ2v) is 6.25. The lowest BCUT2D eigenvalue weighted by Crippen LogP contribution is -2.63. The molecule has 16 heavy (non-hydrogen) atoms. The Hall–Kier alpha value is -0.0800. The quantitative estimate of drug-likeness (QED) is 0.801. The fourth-order valence-corrected chi connectivity index (χ4v) is 3.95. The molecule has 0 aromatic rings. The van der Waals surface area contributed by atoms with Crippen molar-refractivity contribution in [2.24, 2.45) is 16.7 Å². The summed E-state index contributed by atoms with van der Waals surface area (Å²) >= 11 is 0. The number of rotatable bonds is 3. The predicted molar refractivity (Wildman–Crippen MR) is 65.3 cm³/mol. The minimum atomic E-state index is -0.106. The van der Waals surface area contributed by atoms with Gasteiger partial charge >= 0.3 is 0 Å². The molecule has 1 saturated heterocycles. The highest BCUT2D eigenvalue weighted by Gasteiger charge is 2.61. The van der Waals surface area contributed by atoms with Crippen molar-refractivity contribution in [1.82, 2.24) is 0 Å². The molecule has 2 nitrogen and oxygen atoms in total. The van der Waals surface area contributed by atoms with E-state index in [4.69, 9.17) is 4.74 Å². The molecule has 1 aliphatic heterocycles. The van der Waals surface area contributed by atoms with Crippen LogP contribution in [0.25, 0.3) is 0 Å². The van der Waals surface area contributed by atoms with E-state index in [-0.39, 0.29) is 16.9 Å². The fraction of sp³-hybridized carbons (Fsp3) is 1.00. The zero-order valence-electron chi connectivity index (χ0n) is 11.0. The van der Waals surface area contributed by atoms with Crippen LogP contribution in [0.3, 0.4) is 0 Å². The van der Waals surface area contributed by atoms with Crippen LogP contribution >= 0.6 is 0 Å². The van der Waals surface area contributed by atoms with E-state index in [1.807, 2.05) is 0 Å². The zero-order valence-corrected chi connectivity index (χ0v) is 11.0. The molecule has 2 aliphatic rings. The van der Waals surface area contributed by atoms with Crippen molar-refractivity contribution < 1.29 is 9.84 Å². The summed E-state index contributed by atoms with van der Waals surface area (Å²) in [5, 5.41) is 10.6. The molecule has 1 N–H and O–H groups in total. The molecule has 2 fully saturated rings. The molecule has 3 unspecified atom stereocenters. The molecule has 1 spiro atoms. The summed E-state index contributed by atoms with van der Waals surface area (Å²) in [6.45, 7) is 8.50. The molecule has 1 heterocycles. The van der Waals surface area contributed by atoms with Crippen molar-refractivity contribution in [3.8, 4) is 0 Å². The van der Waals surface area contributed by atoms with Crippen molar-refractivity contribution in [2.75, 3.05) is 13.2 Å². The van der Waals surface area contributed by atoms with Crippen LogP contribution in [0.5, 0.6) is 0 Å². The van der Waals surface area contributed by atoms with Gasteiger partial charge in [0.05, 0.1) is 6.10 Å². The van der Waals surface area contributed by atoms with Gasteiger partial charge < -0.3 is 9.84 Å². The summed E-state index contributed by atoms with van der Waals surface area (Å²) in [4.78, 5) is 0. The molecular formula is C14H26O2.